The summed E-state index contributed by atoms with van der Waals surface area (Å²) in [4.78, 5) is 11.3. The summed E-state index contributed by atoms with van der Waals surface area (Å²) in [5, 5.41) is 29.4. The Morgan fingerprint density at radius 2 is 1.88 bits per heavy atom. The van der Waals surface area contributed by atoms with Gasteiger partial charge in [0, 0.05) is 5.92 Å². The lowest BCUT2D eigenvalue weighted by Crippen LogP contribution is -2.53. The summed E-state index contributed by atoms with van der Waals surface area (Å²) in [6.45, 7) is 6.23. The van der Waals surface area contributed by atoms with Crippen molar-refractivity contribution in [3.8, 4) is 0 Å². The Kier molecular flexibility index (Phi) is 3.62. The number of hydrogen-bond donors (Lipinski definition) is 3. The van der Waals surface area contributed by atoms with Crippen LogP contribution in [-0.2, 0) is 9.53 Å². The Morgan fingerprint density at radius 3 is 2.19 bits per heavy atom. The van der Waals surface area contributed by atoms with Crippen LogP contribution in [0, 0.1) is 11.8 Å². The molecule has 1 fully saturated rings. The maximum absolute atomic E-state index is 11.3. The largest absolute Gasteiger partial charge is 0.453 e. The maximum atomic E-state index is 11.3. The van der Waals surface area contributed by atoms with Crippen LogP contribution in [0.5, 0.6) is 0 Å². The molecule has 3 N–H and O–H groups in total. The van der Waals surface area contributed by atoms with E-state index in [9.17, 15) is 20.1 Å². The fourth-order valence-electron chi connectivity index (χ4n) is 2.02. The quantitative estimate of drug-likeness (QED) is 0.580. The zero-order chi connectivity index (χ0) is 12.7. The second-order valence-electron chi connectivity index (χ2n) is 4.88. The Hall–Kier alpha value is -0.650. The second kappa shape index (κ2) is 4.31. The Balaban J connectivity index is 2.90. The van der Waals surface area contributed by atoms with Gasteiger partial charge >= 0.3 is 5.97 Å². The van der Waals surface area contributed by atoms with Crippen LogP contribution in [0.2, 0.25) is 0 Å². The number of hydrogen-bond acceptors (Lipinski definition) is 5. The number of carbonyl (C=O) groups excluding carboxylic acids is 1. The molecule has 0 saturated carbocycles. The highest BCUT2D eigenvalue weighted by Gasteiger charge is 2.55. The van der Waals surface area contributed by atoms with Crippen LogP contribution < -0.4 is 0 Å². The third-order valence-corrected chi connectivity index (χ3v) is 3.60. The van der Waals surface area contributed by atoms with Crippen molar-refractivity contribution >= 4 is 5.97 Å². The summed E-state index contributed by atoms with van der Waals surface area (Å²) in [7, 11) is 0. The molecule has 5 heteroatoms. The number of carbonyl (C=O) groups is 1. The van der Waals surface area contributed by atoms with Crippen molar-refractivity contribution in [1.29, 1.82) is 0 Å². The van der Waals surface area contributed by atoms with E-state index in [0.29, 0.717) is 0 Å². The van der Waals surface area contributed by atoms with E-state index in [0.717, 1.165) is 0 Å². The molecule has 1 aliphatic heterocycles. The first kappa shape index (κ1) is 13.4. The van der Waals surface area contributed by atoms with E-state index in [1.165, 1.54) is 6.92 Å². The predicted molar refractivity (Wildman–Crippen MR) is 56.5 cm³/mol. The summed E-state index contributed by atoms with van der Waals surface area (Å²) in [6.07, 6.45) is -2.90. The van der Waals surface area contributed by atoms with Gasteiger partial charge in [0.2, 0.25) is 0 Å². The minimum absolute atomic E-state index is 0.488. The number of rotatable bonds is 3. The number of cyclic esters (lactones) is 1. The summed E-state index contributed by atoms with van der Waals surface area (Å²) < 4.78 is 5.06. The van der Waals surface area contributed by atoms with Gasteiger partial charge in [0.15, 0.2) is 5.60 Å². The van der Waals surface area contributed by atoms with E-state index in [1.54, 1.807) is 20.8 Å². The van der Waals surface area contributed by atoms with Crippen molar-refractivity contribution in [2.45, 2.75) is 51.6 Å². The van der Waals surface area contributed by atoms with Gasteiger partial charge in [-0.05, 0) is 20.8 Å². The molecule has 16 heavy (non-hydrogen) atoms. The molecule has 6 atom stereocenters. The summed E-state index contributed by atoms with van der Waals surface area (Å²) in [5.74, 6) is -1.66. The molecule has 1 heterocycles. The fourth-order valence-corrected chi connectivity index (χ4v) is 2.02. The molecule has 0 radical (unpaired) electrons. The van der Waals surface area contributed by atoms with E-state index in [2.05, 4.69) is 0 Å². The van der Waals surface area contributed by atoms with Gasteiger partial charge in [-0.3, -0.25) is 4.79 Å². The van der Waals surface area contributed by atoms with Crippen LogP contribution in [0.4, 0.5) is 0 Å². The molecular weight excluding hydrogens is 212 g/mol. The number of esters is 1. The van der Waals surface area contributed by atoms with Crippen LogP contribution in [0.1, 0.15) is 27.7 Å². The molecule has 0 amide bonds. The van der Waals surface area contributed by atoms with Gasteiger partial charge in [-0.15, -0.1) is 0 Å². The van der Waals surface area contributed by atoms with Crippen LogP contribution in [0.3, 0.4) is 0 Å². The number of ether oxygens (including phenoxy) is 1. The average molecular weight is 232 g/mol. The topological polar surface area (TPSA) is 87.0 Å². The van der Waals surface area contributed by atoms with Gasteiger partial charge in [0.1, 0.15) is 12.2 Å². The minimum Gasteiger partial charge on any atom is -0.453 e. The molecule has 1 saturated heterocycles. The average Bonchev–Trinajstić information content (AvgIpc) is 2.41. The van der Waals surface area contributed by atoms with Gasteiger partial charge in [-0.1, -0.05) is 6.92 Å². The van der Waals surface area contributed by atoms with Crippen molar-refractivity contribution < 1.29 is 24.9 Å². The van der Waals surface area contributed by atoms with Crippen molar-refractivity contribution in [3.63, 3.8) is 0 Å². The first-order valence-electron chi connectivity index (χ1n) is 5.49. The first-order chi connectivity index (χ1) is 7.21. The van der Waals surface area contributed by atoms with E-state index in [-0.39, 0.29) is 0 Å². The van der Waals surface area contributed by atoms with Crippen LogP contribution >= 0.6 is 0 Å². The lowest BCUT2D eigenvalue weighted by atomic mass is 9.81. The zero-order valence-electron chi connectivity index (χ0n) is 10.0. The van der Waals surface area contributed by atoms with E-state index in [4.69, 9.17) is 4.74 Å². The Labute approximate surface area is 95.0 Å². The van der Waals surface area contributed by atoms with Gasteiger partial charge in [-0.2, -0.15) is 0 Å². The first-order valence-corrected chi connectivity index (χ1v) is 5.49. The van der Waals surface area contributed by atoms with E-state index >= 15 is 0 Å². The van der Waals surface area contributed by atoms with Gasteiger partial charge in [0.25, 0.3) is 0 Å². The lowest BCUT2D eigenvalue weighted by molar-refractivity contribution is -0.173. The molecule has 5 nitrogen and oxygen atoms in total. The third kappa shape index (κ3) is 1.95. The highest BCUT2D eigenvalue weighted by atomic mass is 16.6. The third-order valence-electron chi connectivity index (χ3n) is 3.60. The molecule has 3 unspecified atom stereocenters. The summed E-state index contributed by atoms with van der Waals surface area (Å²) in [6, 6.07) is 0. The second-order valence-corrected chi connectivity index (χ2v) is 4.88. The Bertz CT molecular complexity index is 278. The normalized spacial score (nSPS) is 40.3. The monoisotopic (exact) mass is 232 g/mol. The molecule has 0 aromatic heterocycles. The van der Waals surface area contributed by atoms with Crippen molar-refractivity contribution in [1.82, 2.24) is 0 Å². The molecule has 0 aromatic rings. The summed E-state index contributed by atoms with van der Waals surface area (Å²) >= 11 is 0. The van der Waals surface area contributed by atoms with Crippen molar-refractivity contribution in [3.05, 3.63) is 0 Å². The zero-order valence-corrected chi connectivity index (χ0v) is 10.0. The number of aliphatic hydroxyl groups is 3. The highest BCUT2D eigenvalue weighted by Crippen LogP contribution is 2.37. The molecule has 0 aromatic carbocycles. The van der Waals surface area contributed by atoms with Crippen molar-refractivity contribution in [2.75, 3.05) is 0 Å². The standard InChI is InChI=1S/C11H20O5/c1-5(7(3)12)8(13)11(4)9(14)6(2)10(15)16-11/h5-9,12-14H,1-4H3/t5?,6-,7?,8?,9+,11-/m0/s1. The van der Waals surface area contributed by atoms with Crippen LogP contribution in [-0.4, -0.2) is 45.2 Å². The highest BCUT2D eigenvalue weighted by molar-refractivity contribution is 5.76. The SMILES string of the molecule is CC(O)C(C)C(O)[C@]1(C)OC(=O)[C@@H](C)[C@H]1O. The van der Waals surface area contributed by atoms with E-state index in [1.807, 2.05) is 0 Å². The Morgan fingerprint density at radius 1 is 1.38 bits per heavy atom. The predicted octanol–water partition coefficient (Wildman–Crippen LogP) is -0.323. The number of aliphatic hydroxyl groups excluding tert-OH is 3. The minimum atomic E-state index is -1.34. The van der Waals surface area contributed by atoms with Gasteiger partial charge < -0.3 is 20.1 Å². The smallest absolute Gasteiger partial charge is 0.312 e. The molecule has 0 aliphatic carbocycles. The molecule has 0 spiro atoms. The lowest BCUT2D eigenvalue weighted by Gasteiger charge is -2.36. The van der Waals surface area contributed by atoms with Crippen LogP contribution in [0.25, 0.3) is 0 Å². The van der Waals surface area contributed by atoms with Gasteiger partial charge in [0.05, 0.1) is 12.0 Å². The summed E-state index contributed by atoms with van der Waals surface area (Å²) in [5.41, 5.74) is -1.34. The van der Waals surface area contributed by atoms with Gasteiger partial charge in [-0.25, -0.2) is 0 Å². The molecular formula is C11H20O5. The molecule has 0 bridgehead atoms. The molecule has 1 rings (SSSR count). The maximum Gasteiger partial charge on any atom is 0.312 e. The van der Waals surface area contributed by atoms with Crippen LogP contribution in [0.15, 0.2) is 0 Å². The molecule has 94 valence electrons. The molecule has 1 aliphatic rings. The van der Waals surface area contributed by atoms with Crippen molar-refractivity contribution in [2.24, 2.45) is 11.8 Å². The van der Waals surface area contributed by atoms with E-state index < -0.39 is 41.7 Å². The fraction of sp³-hybridized carbons (Fsp3) is 0.909.